The molecule has 1 atom stereocenters. The van der Waals surface area contributed by atoms with E-state index in [4.69, 9.17) is 5.84 Å². The van der Waals surface area contributed by atoms with Crippen molar-refractivity contribution in [2.24, 2.45) is 5.84 Å². The van der Waals surface area contributed by atoms with Crippen LogP contribution in [0.4, 0.5) is 4.39 Å². The summed E-state index contributed by atoms with van der Waals surface area (Å²) in [5.74, 6) is 5.77. The Morgan fingerprint density at radius 2 is 2.15 bits per heavy atom. The molecule has 0 bridgehead atoms. The molecule has 6 heteroatoms. The number of aryl methyl sites for hydroxylation is 1. The van der Waals surface area contributed by atoms with Crippen LogP contribution >= 0.6 is 11.5 Å². The number of nitrogens with zero attached hydrogens (tertiary/aromatic N) is 2. The van der Waals surface area contributed by atoms with Crippen molar-refractivity contribution in [3.63, 3.8) is 0 Å². The number of hydrogen-bond acceptors (Lipinski definition) is 5. The van der Waals surface area contributed by atoms with Crippen LogP contribution in [0.3, 0.4) is 0 Å². The van der Waals surface area contributed by atoms with Gasteiger partial charge in [0.25, 0.3) is 0 Å². The summed E-state index contributed by atoms with van der Waals surface area (Å²) in [6, 6.07) is 4.76. The second-order valence-corrected chi connectivity index (χ2v) is 5.96. The largest absolute Gasteiger partial charge is 0.271 e. The Kier molecular flexibility index (Phi) is 4.80. The molecule has 1 heterocycles. The van der Waals surface area contributed by atoms with Crippen molar-refractivity contribution in [2.45, 2.75) is 39.2 Å². The molecule has 1 unspecified atom stereocenters. The number of nitrogens with one attached hydrogen (secondary N) is 1. The maximum atomic E-state index is 13.2. The van der Waals surface area contributed by atoms with Crippen LogP contribution in [0.5, 0.6) is 0 Å². The lowest BCUT2D eigenvalue weighted by Gasteiger charge is -2.17. The fourth-order valence-corrected chi connectivity index (χ4v) is 3.05. The molecule has 1 aromatic carbocycles. The van der Waals surface area contributed by atoms with E-state index in [0.717, 1.165) is 21.7 Å². The quantitative estimate of drug-likeness (QED) is 0.657. The summed E-state index contributed by atoms with van der Waals surface area (Å²) < 4.78 is 17.2. The summed E-state index contributed by atoms with van der Waals surface area (Å²) in [5, 5.41) is 4.18. The molecule has 0 saturated carbocycles. The van der Waals surface area contributed by atoms with E-state index in [9.17, 15) is 4.39 Å². The molecule has 108 valence electrons. The van der Waals surface area contributed by atoms with Gasteiger partial charge in [-0.05, 0) is 54.1 Å². The Morgan fingerprint density at radius 1 is 1.40 bits per heavy atom. The highest BCUT2D eigenvalue weighted by atomic mass is 32.1. The standard InChI is InChI=1S/C14H19FN4S/c1-8(2)13-14(20-19-18-13)12(17-16)7-10-4-5-11(15)6-9(10)3/h4-6,8,12,17H,7,16H2,1-3H3. The van der Waals surface area contributed by atoms with E-state index in [1.165, 1.54) is 23.7 Å². The fourth-order valence-electron chi connectivity index (χ4n) is 2.18. The minimum Gasteiger partial charge on any atom is -0.271 e. The van der Waals surface area contributed by atoms with Crippen LogP contribution in [0.15, 0.2) is 18.2 Å². The number of hydrazine groups is 1. The molecular formula is C14H19FN4S. The van der Waals surface area contributed by atoms with E-state index < -0.39 is 0 Å². The maximum absolute atomic E-state index is 13.2. The molecule has 4 nitrogen and oxygen atoms in total. The lowest BCUT2D eigenvalue weighted by atomic mass is 9.98. The van der Waals surface area contributed by atoms with Gasteiger partial charge in [-0.15, -0.1) is 5.10 Å². The van der Waals surface area contributed by atoms with Crippen LogP contribution < -0.4 is 11.3 Å². The van der Waals surface area contributed by atoms with Gasteiger partial charge in [-0.25, -0.2) is 4.39 Å². The lowest BCUT2D eigenvalue weighted by Crippen LogP contribution is -2.30. The van der Waals surface area contributed by atoms with Crippen LogP contribution in [0.2, 0.25) is 0 Å². The lowest BCUT2D eigenvalue weighted by molar-refractivity contribution is 0.548. The predicted molar refractivity (Wildman–Crippen MR) is 78.9 cm³/mol. The second-order valence-electron chi connectivity index (χ2n) is 5.17. The van der Waals surface area contributed by atoms with Crippen molar-refractivity contribution in [2.75, 3.05) is 0 Å². The number of nitrogens with two attached hydrogens (primary N) is 1. The van der Waals surface area contributed by atoms with Gasteiger partial charge in [0.15, 0.2) is 0 Å². The van der Waals surface area contributed by atoms with Crippen LogP contribution in [-0.2, 0) is 6.42 Å². The fraction of sp³-hybridized carbons (Fsp3) is 0.429. The first-order valence-corrected chi connectivity index (χ1v) is 7.33. The third-order valence-electron chi connectivity index (χ3n) is 3.33. The second kappa shape index (κ2) is 6.39. The highest BCUT2D eigenvalue weighted by Crippen LogP contribution is 2.28. The van der Waals surface area contributed by atoms with Crippen molar-refractivity contribution >= 4 is 11.5 Å². The monoisotopic (exact) mass is 294 g/mol. The average Bonchev–Trinajstić information content (AvgIpc) is 2.87. The molecule has 3 N–H and O–H groups in total. The normalized spacial score (nSPS) is 12.9. The first-order valence-electron chi connectivity index (χ1n) is 6.56. The van der Waals surface area contributed by atoms with Gasteiger partial charge in [-0.3, -0.25) is 11.3 Å². The van der Waals surface area contributed by atoms with Gasteiger partial charge < -0.3 is 0 Å². The molecule has 2 rings (SSSR count). The van der Waals surface area contributed by atoms with Gasteiger partial charge in [-0.1, -0.05) is 24.4 Å². The predicted octanol–water partition coefficient (Wildman–Crippen LogP) is 2.86. The van der Waals surface area contributed by atoms with Gasteiger partial charge in [0.2, 0.25) is 0 Å². The molecule has 1 aromatic heterocycles. The first-order chi connectivity index (χ1) is 9.52. The van der Waals surface area contributed by atoms with E-state index in [1.807, 2.05) is 6.92 Å². The van der Waals surface area contributed by atoms with Gasteiger partial charge in [0, 0.05) is 0 Å². The summed E-state index contributed by atoms with van der Waals surface area (Å²) >= 11 is 1.36. The third kappa shape index (κ3) is 3.20. The Balaban J connectivity index is 2.26. The number of hydrogen-bond donors (Lipinski definition) is 2. The Morgan fingerprint density at radius 3 is 2.75 bits per heavy atom. The van der Waals surface area contributed by atoms with Crippen molar-refractivity contribution < 1.29 is 4.39 Å². The van der Waals surface area contributed by atoms with E-state index in [1.54, 1.807) is 6.07 Å². The molecule has 0 spiro atoms. The van der Waals surface area contributed by atoms with Crippen LogP contribution in [0.1, 0.15) is 47.5 Å². The summed E-state index contributed by atoms with van der Waals surface area (Å²) in [5.41, 5.74) is 5.79. The molecular weight excluding hydrogens is 275 g/mol. The van der Waals surface area contributed by atoms with Crippen LogP contribution in [0.25, 0.3) is 0 Å². The number of benzene rings is 1. The highest BCUT2D eigenvalue weighted by Gasteiger charge is 2.21. The Labute approximate surface area is 122 Å². The molecule has 0 aliphatic rings. The molecule has 0 amide bonds. The van der Waals surface area contributed by atoms with Gasteiger partial charge in [0.1, 0.15) is 5.82 Å². The zero-order valence-electron chi connectivity index (χ0n) is 11.9. The number of rotatable bonds is 5. The minimum absolute atomic E-state index is 0.0587. The van der Waals surface area contributed by atoms with Crippen molar-refractivity contribution in [1.82, 2.24) is 15.0 Å². The van der Waals surface area contributed by atoms with Crippen LogP contribution in [0, 0.1) is 12.7 Å². The molecule has 0 aliphatic carbocycles. The van der Waals surface area contributed by atoms with Crippen molar-refractivity contribution in [3.05, 3.63) is 45.7 Å². The topological polar surface area (TPSA) is 63.8 Å². The molecule has 0 aliphatic heterocycles. The number of aromatic nitrogens is 2. The maximum Gasteiger partial charge on any atom is 0.123 e. The minimum atomic E-state index is -0.217. The molecule has 0 radical (unpaired) electrons. The van der Waals surface area contributed by atoms with Gasteiger partial charge >= 0.3 is 0 Å². The Bertz CT molecular complexity index is 582. The average molecular weight is 294 g/mol. The highest BCUT2D eigenvalue weighted by molar-refractivity contribution is 7.05. The molecule has 20 heavy (non-hydrogen) atoms. The zero-order chi connectivity index (χ0) is 14.7. The SMILES string of the molecule is Cc1cc(F)ccc1CC(NN)c1snnc1C(C)C. The molecule has 0 fully saturated rings. The van der Waals surface area contributed by atoms with E-state index in [0.29, 0.717) is 12.3 Å². The first kappa shape index (κ1) is 15.0. The summed E-state index contributed by atoms with van der Waals surface area (Å²) in [4.78, 5) is 1.05. The van der Waals surface area contributed by atoms with E-state index in [2.05, 4.69) is 28.9 Å². The van der Waals surface area contributed by atoms with Crippen molar-refractivity contribution in [1.29, 1.82) is 0 Å². The molecule has 0 saturated heterocycles. The smallest absolute Gasteiger partial charge is 0.123 e. The summed E-state index contributed by atoms with van der Waals surface area (Å²) in [7, 11) is 0. The van der Waals surface area contributed by atoms with E-state index in [-0.39, 0.29) is 11.9 Å². The third-order valence-corrected chi connectivity index (χ3v) is 4.19. The van der Waals surface area contributed by atoms with E-state index >= 15 is 0 Å². The van der Waals surface area contributed by atoms with Gasteiger partial charge in [0.05, 0.1) is 16.6 Å². The summed E-state index contributed by atoms with van der Waals surface area (Å²) in [6.45, 7) is 6.06. The Hall–Kier alpha value is -1.37. The number of halogens is 1. The van der Waals surface area contributed by atoms with Crippen LogP contribution in [-0.4, -0.2) is 9.59 Å². The van der Waals surface area contributed by atoms with Crippen molar-refractivity contribution in [3.8, 4) is 0 Å². The summed E-state index contributed by atoms with van der Waals surface area (Å²) in [6.07, 6.45) is 0.687. The molecule has 2 aromatic rings. The zero-order valence-corrected chi connectivity index (χ0v) is 12.7. The van der Waals surface area contributed by atoms with Gasteiger partial charge in [-0.2, -0.15) is 0 Å².